The Balaban J connectivity index is 1.98. The number of para-hydroxylation sites is 1. The fourth-order valence-corrected chi connectivity index (χ4v) is 3.88. The second-order valence-electron chi connectivity index (χ2n) is 6.58. The van der Waals surface area contributed by atoms with Gasteiger partial charge in [-0.15, -0.1) is 9.89 Å². The number of rotatable bonds is 5. The molecule has 13 heteroatoms. The Kier molecular flexibility index (Phi) is 6.41. The topological polar surface area (TPSA) is 98.5 Å². The summed E-state index contributed by atoms with van der Waals surface area (Å²) < 4.78 is 10.7. The number of halogens is 3. The van der Waals surface area contributed by atoms with E-state index < -0.39 is 6.03 Å². The van der Waals surface area contributed by atoms with E-state index in [1.807, 2.05) is 0 Å². The third-order valence-corrected chi connectivity index (χ3v) is 5.65. The quantitative estimate of drug-likeness (QED) is 0.360. The minimum atomic E-state index is -0.625. The van der Waals surface area contributed by atoms with Gasteiger partial charge in [0.05, 0.1) is 14.2 Å². The molecule has 170 valence electrons. The van der Waals surface area contributed by atoms with E-state index in [1.165, 1.54) is 49.4 Å². The predicted octanol–water partition coefficient (Wildman–Crippen LogP) is 4.72. The van der Waals surface area contributed by atoms with Crippen molar-refractivity contribution in [1.82, 2.24) is 25.1 Å². The molecule has 0 bridgehead atoms. The highest BCUT2D eigenvalue weighted by Crippen LogP contribution is 2.46. The molecule has 0 aliphatic carbocycles. The zero-order valence-corrected chi connectivity index (χ0v) is 19.8. The molecule has 0 fully saturated rings. The van der Waals surface area contributed by atoms with Crippen LogP contribution in [0.2, 0.25) is 15.2 Å². The van der Waals surface area contributed by atoms with Gasteiger partial charge in [-0.1, -0.05) is 46.9 Å². The van der Waals surface area contributed by atoms with Gasteiger partial charge in [0.2, 0.25) is 0 Å². The number of ether oxygens (including phenoxy) is 2. The molecule has 0 aliphatic heterocycles. The number of benzene rings is 2. The van der Waals surface area contributed by atoms with Gasteiger partial charge in [0.15, 0.2) is 0 Å². The van der Waals surface area contributed by atoms with Crippen molar-refractivity contribution in [3.05, 3.63) is 57.9 Å². The predicted molar refractivity (Wildman–Crippen MR) is 126 cm³/mol. The summed E-state index contributed by atoms with van der Waals surface area (Å²) in [7, 11) is 4.38. The third-order valence-electron chi connectivity index (χ3n) is 4.72. The molecule has 0 aliphatic rings. The van der Waals surface area contributed by atoms with Crippen LogP contribution in [0, 0.1) is 0 Å². The lowest BCUT2D eigenvalue weighted by Gasteiger charge is -2.29. The molecule has 0 saturated heterocycles. The van der Waals surface area contributed by atoms with Crippen molar-refractivity contribution in [3.63, 3.8) is 0 Å². The molecule has 0 N–H and O–H groups in total. The van der Waals surface area contributed by atoms with Gasteiger partial charge >= 0.3 is 6.03 Å². The number of urea groups is 1. The summed E-state index contributed by atoms with van der Waals surface area (Å²) in [5.74, 6) is 0.710. The van der Waals surface area contributed by atoms with Crippen LogP contribution in [0.1, 0.15) is 0 Å². The van der Waals surface area contributed by atoms with E-state index in [0.29, 0.717) is 11.0 Å². The first-order valence-electron chi connectivity index (χ1n) is 9.33. The molecule has 2 aromatic heterocycles. The third kappa shape index (κ3) is 4.08. The molecule has 0 atom stereocenters. The van der Waals surface area contributed by atoms with Crippen molar-refractivity contribution < 1.29 is 14.3 Å². The summed E-state index contributed by atoms with van der Waals surface area (Å²) in [6.45, 7) is 0. The van der Waals surface area contributed by atoms with Gasteiger partial charge in [-0.2, -0.15) is 5.01 Å². The summed E-state index contributed by atoms with van der Waals surface area (Å²) in [6.07, 6.45) is 1.24. The van der Waals surface area contributed by atoms with Crippen LogP contribution in [0.25, 0.3) is 11.0 Å². The summed E-state index contributed by atoms with van der Waals surface area (Å²) in [5, 5.41) is 9.75. The minimum Gasteiger partial charge on any atom is -0.495 e. The Morgan fingerprint density at radius 2 is 1.67 bits per heavy atom. The molecule has 2 heterocycles. The maximum atomic E-state index is 13.9. The van der Waals surface area contributed by atoms with Crippen molar-refractivity contribution >= 4 is 63.4 Å². The number of methoxy groups -OCH3 is 2. The maximum absolute atomic E-state index is 13.9. The molecule has 0 spiro atoms. The molecular weight excluding hydrogens is 493 g/mol. The van der Waals surface area contributed by atoms with Crippen LogP contribution in [-0.2, 0) is 0 Å². The number of aromatic nitrogens is 5. The first-order valence-corrected chi connectivity index (χ1v) is 10.5. The van der Waals surface area contributed by atoms with E-state index in [1.54, 1.807) is 24.3 Å². The van der Waals surface area contributed by atoms with E-state index in [9.17, 15) is 4.79 Å². The van der Waals surface area contributed by atoms with Crippen molar-refractivity contribution in [2.24, 2.45) is 0 Å². The fraction of sp³-hybridized carbons (Fsp3) is 0.150. The number of nitrogens with zero attached hydrogens (tertiary/aromatic N) is 7. The summed E-state index contributed by atoms with van der Waals surface area (Å²) in [5.41, 5.74) is 1.14. The van der Waals surface area contributed by atoms with Crippen molar-refractivity contribution in [2.45, 2.75) is 0 Å². The zero-order valence-electron chi connectivity index (χ0n) is 17.5. The Labute approximate surface area is 203 Å². The smallest absolute Gasteiger partial charge is 0.350 e. The first kappa shape index (κ1) is 22.8. The second-order valence-corrected chi connectivity index (χ2v) is 7.72. The van der Waals surface area contributed by atoms with Crippen LogP contribution in [0.3, 0.4) is 0 Å². The first-order chi connectivity index (χ1) is 15.9. The molecular formula is C20H16Cl3N7O3. The van der Waals surface area contributed by atoms with Crippen molar-refractivity contribution in [2.75, 3.05) is 31.2 Å². The number of fused-ring (bicyclic) bond motifs is 1. The Morgan fingerprint density at radius 1 is 1.00 bits per heavy atom. The van der Waals surface area contributed by atoms with Gasteiger partial charge in [0, 0.05) is 19.2 Å². The van der Waals surface area contributed by atoms with E-state index in [2.05, 4.69) is 20.3 Å². The van der Waals surface area contributed by atoms with Gasteiger partial charge < -0.3 is 9.47 Å². The van der Waals surface area contributed by atoms with Crippen LogP contribution in [0.15, 0.2) is 42.7 Å². The number of hydrogen-bond acceptors (Lipinski definition) is 7. The number of carbonyl (C=O) groups is 1. The Bertz CT molecular complexity index is 1320. The standard InChI is InChI=1S/C20H16Cl3N7O3/c1-28(16-9-15(21)24-10-25-16)20(31)29(30-12-7-5-4-6-11(12)26-27-30)19-17(22)13(32-2)8-14(33-3)18(19)23/h4-10H,1-3H3. The second kappa shape index (κ2) is 9.26. The molecule has 2 amide bonds. The largest absolute Gasteiger partial charge is 0.495 e. The van der Waals surface area contributed by atoms with E-state index in [-0.39, 0.29) is 38.2 Å². The van der Waals surface area contributed by atoms with Gasteiger partial charge in [0.1, 0.15) is 55.6 Å². The van der Waals surface area contributed by atoms with E-state index in [4.69, 9.17) is 44.3 Å². The molecule has 0 unspecified atom stereocenters. The molecule has 33 heavy (non-hydrogen) atoms. The highest BCUT2D eigenvalue weighted by atomic mass is 35.5. The van der Waals surface area contributed by atoms with Crippen LogP contribution < -0.4 is 19.4 Å². The fourth-order valence-electron chi connectivity index (χ4n) is 3.08. The molecule has 4 aromatic rings. The van der Waals surface area contributed by atoms with Gasteiger partial charge in [-0.3, -0.25) is 4.90 Å². The SMILES string of the molecule is COc1cc(OC)c(Cl)c(N(C(=O)N(C)c2cc(Cl)ncn2)n2nnc3ccccc32)c1Cl. The monoisotopic (exact) mass is 507 g/mol. The maximum Gasteiger partial charge on any atom is 0.350 e. The van der Waals surface area contributed by atoms with Gasteiger partial charge in [-0.25, -0.2) is 14.8 Å². The molecule has 0 saturated carbocycles. The van der Waals surface area contributed by atoms with Crippen molar-refractivity contribution in [3.8, 4) is 11.5 Å². The average molecular weight is 509 g/mol. The van der Waals surface area contributed by atoms with Crippen LogP contribution in [-0.4, -0.2) is 52.4 Å². The molecule has 0 radical (unpaired) electrons. The Hall–Kier alpha value is -3.34. The summed E-state index contributed by atoms with van der Waals surface area (Å²) in [4.78, 5) is 24.3. The molecule has 2 aromatic carbocycles. The lowest BCUT2D eigenvalue weighted by molar-refractivity contribution is 0.249. The highest BCUT2D eigenvalue weighted by Gasteiger charge is 2.32. The van der Waals surface area contributed by atoms with Crippen molar-refractivity contribution in [1.29, 1.82) is 0 Å². The number of carbonyl (C=O) groups excluding carboxylic acids is 1. The van der Waals surface area contributed by atoms with Crippen LogP contribution in [0.4, 0.5) is 16.3 Å². The zero-order chi connectivity index (χ0) is 23.7. The van der Waals surface area contributed by atoms with E-state index >= 15 is 0 Å². The van der Waals surface area contributed by atoms with Crippen LogP contribution in [0.5, 0.6) is 11.5 Å². The minimum absolute atomic E-state index is 0.0605. The number of hydrogen-bond donors (Lipinski definition) is 0. The lowest BCUT2D eigenvalue weighted by atomic mass is 10.2. The lowest BCUT2D eigenvalue weighted by Crippen LogP contribution is -2.46. The van der Waals surface area contributed by atoms with Gasteiger partial charge in [-0.05, 0) is 17.3 Å². The number of amides is 2. The average Bonchev–Trinajstić information content (AvgIpc) is 3.25. The Morgan fingerprint density at radius 3 is 2.30 bits per heavy atom. The summed E-state index contributed by atoms with van der Waals surface area (Å²) >= 11 is 19.3. The molecule has 10 nitrogen and oxygen atoms in total. The highest BCUT2D eigenvalue weighted by molar-refractivity contribution is 6.42. The van der Waals surface area contributed by atoms with Gasteiger partial charge in [0.25, 0.3) is 0 Å². The van der Waals surface area contributed by atoms with E-state index in [0.717, 1.165) is 5.01 Å². The summed E-state index contributed by atoms with van der Waals surface area (Å²) in [6, 6.07) is 9.42. The molecule has 4 rings (SSSR count). The normalized spacial score (nSPS) is 10.8. The number of anilines is 2. The van der Waals surface area contributed by atoms with Crippen LogP contribution >= 0.6 is 34.8 Å².